The van der Waals surface area contributed by atoms with Crippen LogP contribution in [0.3, 0.4) is 0 Å². The summed E-state index contributed by atoms with van der Waals surface area (Å²) in [5.41, 5.74) is 3.83. The summed E-state index contributed by atoms with van der Waals surface area (Å²) in [6.45, 7) is 6.16. The number of carbonyl (C=O) groups is 2. The average Bonchev–Trinajstić information content (AvgIpc) is 2.97. The van der Waals surface area contributed by atoms with Crippen LogP contribution in [0, 0.1) is 0 Å². The fraction of sp³-hybridized carbons (Fsp3) is 0.238. The predicted molar refractivity (Wildman–Crippen MR) is 119 cm³/mol. The lowest BCUT2D eigenvalue weighted by atomic mass is 10.1. The summed E-state index contributed by atoms with van der Waals surface area (Å²) in [5.74, 6) is 0.185. The van der Waals surface area contributed by atoms with E-state index in [2.05, 4.69) is 37.3 Å². The number of benzene rings is 2. The van der Waals surface area contributed by atoms with Gasteiger partial charge >= 0.3 is 0 Å². The zero-order valence-electron chi connectivity index (χ0n) is 16.2. The number of para-hydroxylation sites is 1. The molecular formula is C21H20Br2N2O4. The van der Waals surface area contributed by atoms with Crippen LogP contribution in [-0.4, -0.2) is 24.5 Å². The molecule has 1 aliphatic heterocycles. The molecule has 6 nitrogen and oxygen atoms in total. The summed E-state index contributed by atoms with van der Waals surface area (Å²) >= 11 is 7.06. The maximum atomic E-state index is 12.8. The van der Waals surface area contributed by atoms with E-state index in [1.807, 2.05) is 26.8 Å². The van der Waals surface area contributed by atoms with Gasteiger partial charge in [0, 0.05) is 4.47 Å². The maximum Gasteiger partial charge on any atom is 0.282 e. The van der Waals surface area contributed by atoms with Gasteiger partial charge in [-0.2, -0.15) is 0 Å². The number of rotatable bonds is 6. The zero-order chi connectivity index (χ0) is 21.1. The molecule has 0 radical (unpaired) electrons. The van der Waals surface area contributed by atoms with Crippen molar-refractivity contribution in [2.24, 2.45) is 0 Å². The van der Waals surface area contributed by atoms with Crippen LogP contribution in [0.5, 0.6) is 11.5 Å². The van der Waals surface area contributed by atoms with Gasteiger partial charge in [-0.25, -0.2) is 5.01 Å². The Morgan fingerprint density at radius 2 is 1.83 bits per heavy atom. The van der Waals surface area contributed by atoms with Gasteiger partial charge in [0.15, 0.2) is 11.5 Å². The van der Waals surface area contributed by atoms with E-state index in [1.54, 1.807) is 30.3 Å². The van der Waals surface area contributed by atoms with Crippen LogP contribution in [0.25, 0.3) is 6.08 Å². The quantitative estimate of drug-likeness (QED) is 0.433. The van der Waals surface area contributed by atoms with Gasteiger partial charge in [-0.15, -0.1) is 0 Å². The highest BCUT2D eigenvalue weighted by molar-refractivity contribution is 9.13. The van der Waals surface area contributed by atoms with Crippen molar-refractivity contribution in [1.29, 1.82) is 0 Å². The van der Waals surface area contributed by atoms with Gasteiger partial charge in [0.25, 0.3) is 11.8 Å². The number of carbonyl (C=O) groups excluding carboxylic acids is 2. The van der Waals surface area contributed by atoms with Crippen molar-refractivity contribution >= 4 is 55.4 Å². The third-order valence-electron chi connectivity index (χ3n) is 4.01. The van der Waals surface area contributed by atoms with E-state index in [1.165, 1.54) is 11.1 Å². The molecule has 0 bridgehead atoms. The van der Waals surface area contributed by atoms with Crippen LogP contribution in [-0.2, 0) is 9.59 Å². The van der Waals surface area contributed by atoms with Crippen LogP contribution in [0.1, 0.15) is 26.3 Å². The molecule has 2 aromatic carbocycles. The number of hydrogen-bond acceptors (Lipinski definition) is 4. The van der Waals surface area contributed by atoms with E-state index in [0.717, 1.165) is 0 Å². The van der Waals surface area contributed by atoms with E-state index in [4.69, 9.17) is 9.47 Å². The number of halogens is 2. The highest BCUT2D eigenvalue weighted by Crippen LogP contribution is 2.44. The van der Waals surface area contributed by atoms with Gasteiger partial charge in [0.2, 0.25) is 0 Å². The van der Waals surface area contributed by atoms with Crippen LogP contribution in [0.15, 0.2) is 50.9 Å². The summed E-state index contributed by atoms with van der Waals surface area (Å²) in [6, 6.07) is 10.7. The van der Waals surface area contributed by atoms with Crippen LogP contribution in [0.4, 0.5) is 5.69 Å². The Hall–Kier alpha value is -2.32. The molecular weight excluding hydrogens is 504 g/mol. The Bertz CT molecular complexity index is 974. The third kappa shape index (κ3) is 4.48. The number of hydrogen-bond donors (Lipinski definition) is 1. The van der Waals surface area contributed by atoms with Gasteiger partial charge in [-0.1, -0.05) is 18.2 Å². The predicted octanol–water partition coefficient (Wildman–Crippen LogP) is 4.86. The van der Waals surface area contributed by atoms with Crippen LogP contribution >= 0.6 is 31.9 Å². The molecule has 0 unspecified atom stereocenters. The number of nitrogens with one attached hydrogen (secondary N) is 1. The minimum Gasteiger partial charge on any atom is -0.490 e. The largest absolute Gasteiger partial charge is 0.490 e. The van der Waals surface area contributed by atoms with Crippen LogP contribution in [0.2, 0.25) is 0 Å². The Labute approximate surface area is 186 Å². The first kappa shape index (κ1) is 21.4. The van der Waals surface area contributed by atoms with Crippen molar-refractivity contribution in [3.63, 3.8) is 0 Å². The maximum absolute atomic E-state index is 12.8. The fourth-order valence-electron chi connectivity index (χ4n) is 2.79. The molecule has 1 fully saturated rings. The first-order chi connectivity index (χ1) is 13.8. The lowest BCUT2D eigenvalue weighted by Crippen LogP contribution is -2.35. The molecule has 1 saturated heterocycles. The molecule has 2 aromatic rings. The standard InChI is InChI=1S/C21H20Br2N2O4/c1-4-28-16-11-13(17(22)18(23)19(16)29-12(2)3)10-15-20(26)24-25(21(15)27)14-8-6-5-7-9-14/h5-12H,4H2,1-3H3,(H,24,26)/b15-10-. The second-order valence-electron chi connectivity index (χ2n) is 6.50. The van der Waals surface area contributed by atoms with E-state index >= 15 is 0 Å². The van der Waals surface area contributed by atoms with Gasteiger partial charge in [-0.3, -0.25) is 15.0 Å². The molecule has 29 heavy (non-hydrogen) atoms. The number of ether oxygens (including phenoxy) is 2. The number of anilines is 1. The van der Waals surface area contributed by atoms with Crippen molar-refractivity contribution in [3.05, 3.63) is 56.5 Å². The molecule has 0 saturated carbocycles. The van der Waals surface area contributed by atoms with Crippen molar-refractivity contribution in [3.8, 4) is 11.5 Å². The SMILES string of the molecule is CCOc1cc(/C=C2/C(=O)NN(c3ccccc3)C2=O)c(Br)c(Br)c1OC(C)C. The molecule has 3 rings (SSSR count). The minimum atomic E-state index is -0.470. The Morgan fingerprint density at radius 3 is 2.45 bits per heavy atom. The normalized spacial score (nSPS) is 15.2. The molecule has 1 N–H and O–H groups in total. The third-order valence-corrected chi connectivity index (χ3v) is 6.16. The van der Waals surface area contributed by atoms with E-state index in [-0.39, 0.29) is 11.7 Å². The monoisotopic (exact) mass is 522 g/mol. The second kappa shape index (κ2) is 9.00. The second-order valence-corrected chi connectivity index (χ2v) is 8.08. The lowest BCUT2D eigenvalue weighted by Gasteiger charge is -2.18. The Balaban J connectivity index is 2.03. The molecule has 0 aromatic heterocycles. The van der Waals surface area contributed by atoms with Gasteiger partial charge in [0.05, 0.1) is 22.9 Å². The highest BCUT2D eigenvalue weighted by atomic mass is 79.9. The van der Waals surface area contributed by atoms with Gasteiger partial charge in [0.1, 0.15) is 5.57 Å². The van der Waals surface area contributed by atoms with Crippen molar-refractivity contribution in [2.75, 3.05) is 11.6 Å². The van der Waals surface area contributed by atoms with Gasteiger partial charge in [-0.05, 0) is 82.5 Å². The molecule has 8 heteroatoms. The zero-order valence-corrected chi connectivity index (χ0v) is 19.3. The first-order valence-corrected chi connectivity index (χ1v) is 10.7. The molecule has 1 aliphatic rings. The summed E-state index contributed by atoms with van der Waals surface area (Å²) < 4.78 is 12.9. The van der Waals surface area contributed by atoms with E-state index in [9.17, 15) is 9.59 Å². The van der Waals surface area contributed by atoms with Crippen molar-refractivity contribution in [2.45, 2.75) is 26.9 Å². The summed E-state index contributed by atoms with van der Waals surface area (Å²) in [5, 5.41) is 1.23. The Morgan fingerprint density at radius 1 is 1.14 bits per heavy atom. The molecule has 2 amide bonds. The van der Waals surface area contributed by atoms with Gasteiger partial charge < -0.3 is 9.47 Å². The number of nitrogens with zero attached hydrogens (tertiary/aromatic N) is 1. The molecule has 0 atom stereocenters. The molecule has 0 spiro atoms. The van der Waals surface area contributed by atoms with E-state index < -0.39 is 11.8 Å². The summed E-state index contributed by atoms with van der Waals surface area (Å²) in [6.07, 6.45) is 1.49. The van der Waals surface area contributed by atoms with E-state index in [0.29, 0.717) is 38.3 Å². The fourth-order valence-corrected chi connectivity index (χ4v) is 3.72. The molecule has 0 aliphatic carbocycles. The summed E-state index contributed by atoms with van der Waals surface area (Å²) in [7, 11) is 0. The minimum absolute atomic E-state index is 0.0291. The van der Waals surface area contributed by atoms with Crippen molar-refractivity contribution in [1.82, 2.24) is 5.43 Å². The molecule has 152 valence electrons. The topological polar surface area (TPSA) is 67.9 Å². The number of hydrazine groups is 1. The molecule has 1 heterocycles. The lowest BCUT2D eigenvalue weighted by molar-refractivity contribution is -0.117. The average molecular weight is 524 g/mol. The summed E-state index contributed by atoms with van der Waals surface area (Å²) in [4.78, 5) is 25.3. The number of amides is 2. The first-order valence-electron chi connectivity index (χ1n) is 9.07. The van der Waals surface area contributed by atoms with Crippen LogP contribution < -0.4 is 19.9 Å². The Kier molecular flexibility index (Phi) is 6.64. The highest BCUT2D eigenvalue weighted by Gasteiger charge is 2.34. The van der Waals surface area contributed by atoms with Crippen molar-refractivity contribution < 1.29 is 19.1 Å². The smallest absolute Gasteiger partial charge is 0.282 e.